The van der Waals surface area contributed by atoms with Crippen LogP contribution in [0.25, 0.3) is 0 Å². The zero-order valence-corrected chi connectivity index (χ0v) is 9.44. The van der Waals surface area contributed by atoms with Gasteiger partial charge in [0.05, 0.1) is 0 Å². The highest BCUT2D eigenvalue weighted by Crippen LogP contribution is 2.40. The first-order valence-electron chi connectivity index (χ1n) is 5.63. The molecular weight excluding hydrogens is 190 g/mol. The molecule has 2 aliphatic rings. The first-order valence-corrected chi connectivity index (χ1v) is 6.51. The van der Waals surface area contributed by atoms with Crippen molar-refractivity contribution in [3.63, 3.8) is 0 Å². The molecule has 1 aromatic heterocycles. The molecule has 0 spiro atoms. The Labute approximate surface area is 89.5 Å². The fraction of sp³-hybridized carbons (Fsp3) is 0.667. The van der Waals surface area contributed by atoms with Crippen molar-refractivity contribution in [3.05, 3.63) is 21.9 Å². The van der Waals surface area contributed by atoms with Gasteiger partial charge in [-0.1, -0.05) is 0 Å². The number of rotatable bonds is 1. The summed E-state index contributed by atoms with van der Waals surface area (Å²) in [5, 5.41) is 5.95. The molecule has 2 fully saturated rings. The summed E-state index contributed by atoms with van der Waals surface area (Å²) in [5.41, 5.74) is 1.52. The highest BCUT2D eigenvalue weighted by molar-refractivity contribution is 7.10. The van der Waals surface area contributed by atoms with Crippen LogP contribution in [0.15, 0.2) is 11.4 Å². The second kappa shape index (κ2) is 3.35. The average Bonchev–Trinajstić information content (AvgIpc) is 2.73. The van der Waals surface area contributed by atoms with E-state index in [1.54, 1.807) is 4.88 Å². The number of thiophene rings is 1. The minimum absolute atomic E-state index is 0.820. The molecule has 1 aromatic rings. The van der Waals surface area contributed by atoms with E-state index in [-0.39, 0.29) is 0 Å². The Morgan fingerprint density at radius 3 is 2.57 bits per heavy atom. The lowest BCUT2D eigenvalue weighted by atomic mass is 9.90. The highest BCUT2D eigenvalue weighted by atomic mass is 32.1. The van der Waals surface area contributed by atoms with Crippen LogP contribution in [0.4, 0.5) is 0 Å². The van der Waals surface area contributed by atoms with E-state index in [9.17, 15) is 0 Å². The second-order valence-corrected chi connectivity index (χ2v) is 5.72. The number of hydrogen-bond donors (Lipinski definition) is 1. The van der Waals surface area contributed by atoms with Crippen LogP contribution >= 0.6 is 11.3 Å². The van der Waals surface area contributed by atoms with Crippen LogP contribution in [0, 0.1) is 6.92 Å². The first-order chi connectivity index (χ1) is 6.83. The molecular formula is C12H17NS. The SMILES string of the molecule is Cc1ccsc1C1CC2CCC(C1)N2. The molecule has 3 heterocycles. The molecule has 0 aromatic carbocycles. The van der Waals surface area contributed by atoms with Crippen LogP contribution in [0.3, 0.4) is 0 Å². The number of nitrogens with one attached hydrogen (secondary N) is 1. The maximum atomic E-state index is 3.71. The van der Waals surface area contributed by atoms with Gasteiger partial charge in [0.2, 0.25) is 0 Å². The lowest BCUT2D eigenvalue weighted by Crippen LogP contribution is -2.37. The monoisotopic (exact) mass is 207 g/mol. The summed E-state index contributed by atoms with van der Waals surface area (Å²) in [6.07, 6.45) is 5.56. The molecule has 3 rings (SSSR count). The topological polar surface area (TPSA) is 12.0 Å². The fourth-order valence-corrected chi connectivity index (χ4v) is 4.13. The van der Waals surface area contributed by atoms with Gasteiger partial charge in [-0.05, 0) is 55.5 Å². The predicted molar refractivity (Wildman–Crippen MR) is 61.0 cm³/mol. The number of hydrogen-bond acceptors (Lipinski definition) is 2. The number of fused-ring (bicyclic) bond motifs is 2. The summed E-state index contributed by atoms with van der Waals surface area (Å²) in [7, 11) is 0. The van der Waals surface area contributed by atoms with Crippen LogP contribution in [0.1, 0.15) is 42.0 Å². The Kier molecular flexibility index (Phi) is 2.14. The highest BCUT2D eigenvalue weighted by Gasteiger charge is 2.34. The Morgan fingerprint density at radius 2 is 2.00 bits per heavy atom. The van der Waals surface area contributed by atoms with Gasteiger partial charge >= 0.3 is 0 Å². The van der Waals surface area contributed by atoms with Gasteiger partial charge < -0.3 is 5.32 Å². The molecule has 1 nitrogen and oxygen atoms in total. The summed E-state index contributed by atoms with van der Waals surface area (Å²) >= 11 is 1.96. The van der Waals surface area contributed by atoms with Gasteiger partial charge in [-0.15, -0.1) is 11.3 Å². The van der Waals surface area contributed by atoms with Gasteiger partial charge in [0.15, 0.2) is 0 Å². The summed E-state index contributed by atoms with van der Waals surface area (Å²) in [5.74, 6) is 0.855. The van der Waals surface area contributed by atoms with E-state index in [4.69, 9.17) is 0 Å². The van der Waals surface area contributed by atoms with Crippen molar-refractivity contribution in [2.24, 2.45) is 0 Å². The van der Waals surface area contributed by atoms with E-state index in [1.807, 2.05) is 11.3 Å². The predicted octanol–water partition coefficient (Wildman–Crippen LogP) is 3.05. The molecule has 2 bridgehead atoms. The second-order valence-electron chi connectivity index (χ2n) is 4.77. The molecule has 2 aliphatic heterocycles. The largest absolute Gasteiger partial charge is 0.311 e. The maximum absolute atomic E-state index is 3.71. The maximum Gasteiger partial charge on any atom is 0.0106 e. The number of aryl methyl sites for hydroxylation is 1. The molecule has 14 heavy (non-hydrogen) atoms. The minimum Gasteiger partial charge on any atom is -0.311 e. The number of piperidine rings is 1. The van der Waals surface area contributed by atoms with Crippen molar-refractivity contribution < 1.29 is 0 Å². The lowest BCUT2D eigenvalue weighted by molar-refractivity contribution is 0.366. The van der Waals surface area contributed by atoms with E-state index >= 15 is 0 Å². The molecule has 1 N–H and O–H groups in total. The van der Waals surface area contributed by atoms with Gasteiger partial charge in [0.1, 0.15) is 0 Å². The van der Waals surface area contributed by atoms with Crippen molar-refractivity contribution in [2.75, 3.05) is 0 Å². The zero-order valence-electron chi connectivity index (χ0n) is 8.62. The quantitative estimate of drug-likeness (QED) is 0.746. The Morgan fingerprint density at radius 1 is 1.29 bits per heavy atom. The van der Waals surface area contributed by atoms with E-state index in [0.29, 0.717) is 0 Å². The molecule has 2 atom stereocenters. The normalized spacial score (nSPS) is 36.2. The molecule has 2 saturated heterocycles. The third-order valence-electron chi connectivity index (χ3n) is 3.75. The summed E-state index contributed by atoms with van der Waals surface area (Å²) in [4.78, 5) is 1.66. The molecule has 0 saturated carbocycles. The van der Waals surface area contributed by atoms with Crippen molar-refractivity contribution in [1.29, 1.82) is 0 Å². The molecule has 0 radical (unpaired) electrons. The molecule has 0 aliphatic carbocycles. The van der Waals surface area contributed by atoms with Gasteiger partial charge in [0.25, 0.3) is 0 Å². The summed E-state index contributed by atoms with van der Waals surface area (Å²) in [6, 6.07) is 3.91. The lowest BCUT2D eigenvalue weighted by Gasteiger charge is -2.28. The third kappa shape index (κ3) is 1.41. The Bertz CT molecular complexity index is 319. The van der Waals surface area contributed by atoms with Gasteiger partial charge in [-0.25, -0.2) is 0 Å². The van der Waals surface area contributed by atoms with E-state index in [1.165, 1.54) is 31.2 Å². The molecule has 76 valence electrons. The van der Waals surface area contributed by atoms with Crippen LogP contribution in [0.5, 0.6) is 0 Å². The first kappa shape index (κ1) is 8.93. The fourth-order valence-electron chi connectivity index (χ4n) is 3.07. The molecule has 2 unspecified atom stereocenters. The summed E-state index contributed by atoms with van der Waals surface area (Å²) in [6.45, 7) is 2.26. The van der Waals surface area contributed by atoms with Crippen LogP contribution < -0.4 is 5.32 Å². The summed E-state index contributed by atoms with van der Waals surface area (Å²) < 4.78 is 0. The van der Waals surface area contributed by atoms with Gasteiger partial charge in [0, 0.05) is 17.0 Å². The molecule has 2 heteroatoms. The zero-order chi connectivity index (χ0) is 9.54. The van der Waals surface area contributed by atoms with E-state index in [0.717, 1.165) is 18.0 Å². The third-order valence-corrected chi connectivity index (χ3v) is 4.93. The van der Waals surface area contributed by atoms with Crippen LogP contribution in [-0.4, -0.2) is 12.1 Å². The van der Waals surface area contributed by atoms with E-state index < -0.39 is 0 Å². The standard InChI is InChI=1S/C12H17NS/c1-8-4-5-14-12(8)9-6-10-2-3-11(7-9)13-10/h4-5,9-11,13H,2-3,6-7H2,1H3. The average molecular weight is 207 g/mol. The van der Waals surface area contributed by atoms with Gasteiger partial charge in [-0.3, -0.25) is 0 Å². The van der Waals surface area contributed by atoms with Crippen molar-refractivity contribution in [2.45, 2.75) is 50.6 Å². The van der Waals surface area contributed by atoms with Crippen molar-refractivity contribution in [1.82, 2.24) is 5.32 Å². The Balaban J connectivity index is 1.84. The van der Waals surface area contributed by atoms with Crippen molar-refractivity contribution >= 4 is 11.3 Å². The van der Waals surface area contributed by atoms with Crippen LogP contribution in [0.2, 0.25) is 0 Å². The Hall–Kier alpha value is -0.340. The molecule has 0 amide bonds. The minimum atomic E-state index is 0.820. The van der Waals surface area contributed by atoms with E-state index in [2.05, 4.69) is 23.7 Å². The smallest absolute Gasteiger partial charge is 0.0106 e. The van der Waals surface area contributed by atoms with Gasteiger partial charge in [-0.2, -0.15) is 0 Å². The van der Waals surface area contributed by atoms with Crippen molar-refractivity contribution in [3.8, 4) is 0 Å². The van der Waals surface area contributed by atoms with Crippen LogP contribution in [-0.2, 0) is 0 Å².